The highest BCUT2D eigenvalue weighted by Gasteiger charge is 2.36. The average molecular weight is 462 g/mol. The summed E-state index contributed by atoms with van der Waals surface area (Å²) in [4.78, 5) is 4.19. The number of benzene rings is 2. The zero-order valence-electron chi connectivity index (χ0n) is 16.3. The highest BCUT2D eigenvalue weighted by Crippen LogP contribution is 2.36. The Balaban J connectivity index is 1.76. The Hall–Kier alpha value is -1.96. The first kappa shape index (κ1) is 21.3. The number of halogens is 2. The largest absolute Gasteiger partial charge is 0.313 e. The molecular formula is C22H21Cl2N3O2S. The van der Waals surface area contributed by atoms with E-state index in [0.717, 1.165) is 22.3 Å². The molecule has 0 amide bonds. The Kier molecular flexibility index (Phi) is 6.14. The van der Waals surface area contributed by atoms with Crippen LogP contribution in [-0.4, -0.2) is 37.3 Å². The number of nitrogens with one attached hydrogen (secondary N) is 1. The Labute approximate surface area is 186 Å². The first-order chi connectivity index (χ1) is 14.4. The van der Waals surface area contributed by atoms with E-state index in [1.165, 1.54) is 10.4 Å². The fraction of sp³-hybridized carbons (Fsp3) is 0.227. The highest BCUT2D eigenvalue weighted by molar-refractivity contribution is 7.89. The number of piperazine rings is 1. The zero-order chi connectivity index (χ0) is 21.3. The highest BCUT2D eigenvalue weighted by atomic mass is 35.5. The van der Waals surface area contributed by atoms with Gasteiger partial charge in [-0.15, -0.1) is 0 Å². The Morgan fingerprint density at radius 3 is 2.73 bits per heavy atom. The molecule has 156 valence electrons. The van der Waals surface area contributed by atoms with Gasteiger partial charge in [0.2, 0.25) is 10.0 Å². The second-order valence-corrected chi connectivity index (χ2v) is 9.85. The summed E-state index contributed by atoms with van der Waals surface area (Å²) < 4.78 is 28.5. The van der Waals surface area contributed by atoms with Gasteiger partial charge in [-0.25, -0.2) is 8.42 Å². The maximum atomic E-state index is 13.5. The minimum atomic E-state index is -3.83. The number of rotatable bonds is 4. The quantitative estimate of drug-likeness (QED) is 0.611. The summed E-state index contributed by atoms with van der Waals surface area (Å²) in [6.07, 6.45) is 3.58. The van der Waals surface area contributed by atoms with Crippen molar-refractivity contribution in [2.45, 2.75) is 17.9 Å². The van der Waals surface area contributed by atoms with Crippen molar-refractivity contribution in [2.24, 2.45) is 0 Å². The molecule has 0 aliphatic carbocycles. The van der Waals surface area contributed by atoms with E-state index in [-0.39, 0.29) is 21.0 Å². The molecule has 2 heterocycles. The molecule has 2 aromatic carbocycles. The fourth-order valence-corrected chi connectivity index (χ4v) is 6.13. The number of aryl methyl sites for hydroxylation is 1. The molecule has 5 nitrogen and oxygen atoms in total. The van der Waals surface area contributed by atoms with E-state index in [2.05, 4.69) is 10.3 Å². The molecule has 1 unspecified atom stereocenters. The van der Waals surface area contributed by atoms with Gasteiger partial charge >= 0.3 is 0 Å². The molecule has 0 bridgehead atoms. The Morgan fingerprint density at radius 1 is 1.13 bits per heavy atom. The van der Waals surface area contributed by atoms with Crippen LogP contribution in [0.1, 0.15) is 17.2 Å². The molecule has 0 radical (unpaired) electrons. The molecule has 0 saturated carbocycles. The predicted molar refractivity (Wildman–Crippen MR) is 120 cm³/mol. The molecule has 1 aromatic heterocycles. The van der Waals surface area contributed by atoms with Gasteiger partial charge in [0.1, 0.15) is 4.90 Å². The van der Waals surface area contributed by atoms with Crippen molar-refractivity contribution in [1.82, 2.24) is 14.6 Å². The van der Waals surface area contributed by atoms with Crippen molar-refractivity contribution in [3.05, 3.63) is 82.1 Å². The molecule has 0 spiro atoms. The van der Waals surface area contributed by atoms with E-state index in [9.17, 15) is 8.42 Å². The molecule has 1 N–H and O–H groups in total. The number of hydrogen-bond acceptors (Lipinski definition) is 4. The molecule has 1 aliphatic rings. The third-order valence-corrected chi connectivity index (χ3v) is 8.18. The summed E-state index contributed by atoms with van der Waals surface area (Å²) in [6.45, 7) is 3.43. The van der Waals surface area contributed by atoms with Crippen molar-refractivity contribution >= 4 is 33.2 Å². The predicted octanol–water partition coefficient (Wildman–Crippen LogP) is 4.70. The van der Waals surface area contributed by atoms with Gasteiger partial charge in [-0.2, -0.15) is 4.31 Å². The van der Waals surface area contributed by atoms with Crippen molar-refractivity contribution in [3.8, 4) is 11.1 Å². The van der Waals surface area contributed by atoms with Gasteiger partial charge < -0.3 is 5.32 Å². The second kappa shape index (κ2) is 8.65. The molecule has 1 fully saturated rings. The van der Waals surface area contributed by atoms with Crippen LogP contribution in [0.2, 0.25) is 10.0 Å². The summed E-state index contributed by atoms with van der Waals surface area (Å²) in [5, 5.41) is 3.58. The van der Waals surface area contributed by atoms with E-state index in [0.29, 0.717) is 19.6 Å². The van der Waals surface area contributed by atoms with Crippen LogP contribution in [0.3, 0.4) is 0 Å². The van der Waals surface area contributed by atoms with Crippen molar-refractivity contribution in [2.75, 3.05) is 19.6 Å². The standard InChI is InChI=1S/C22H21Cl2N3O2S/c1-15-13-25-9-8-18(15)16-4-2-5-17(12-16)20-14-26-10-11-27(20)30(28,29)21-7-3-6-19(23)22(21)24/h2-9,12-13,20,26H,10-11,14H2,1H3. The lowest BCUT2D eigenvalue weighted by Gasteiger charge is -2.36. The van der Waals surface area contributed by atoms with E-state index < -0.39 is 10.0 Å². The molecular weight excluding hydrogens is 441 g/mol. The topological polar surface area (TPSA) is 62.3 Å². The van der Waals surface area contributed by atoms with Gasteiger partial charge in [-0.1, -0.05) is 47.5 Å². The van der Waals surface area contributed by atoms with Gasteiger partial charge in [-0.05, 0) is 53.4 Å². The second-order valence-electron chi connectivity index (χ2n) is 7.20. The molecule has 1 aliphatic heterocycles. The molecule has 1 saturated heterocycles. The lowest BCUT2D eigenvalue weighted by atomic mass is 9.97. The van der Waals surface area contributed by atoms with Gasteiger partial charge in [0.15, 0.2) is 0 Å². The third kappa shape index (κ3) is 3.98. The van der Waals surface area contributed by atoms with E-state index in [4.69, 9.17) is 23.2 Å². The van der Waals surface area contributed by atoms with Crippen LogP contribution < -0.4 is 5.32 Å². The lowest BCUT2D eigenvalue weighted by Crippen LogP contribution is -2.48. The first-order valence-corrected chi connectivity index (χ1v) is 11.8. The van der Waals surface area contributed by atoms with E-state index >= 15 is 0 Å². The minimum absolute atomic E-state index is 0.0321. The van der Waals surface area contributed by atoms with Gasteiger partial charge in [0.05, 0.1) is 16.1 Å². The summed E-state index contributed by atoms with van der Waals surface area (Å²) in [6, 6.07) is 14.3. The SMILES string of the molecule is Cc1cnccc1-c1cccc(C2CNCCN2S(=O)(=O)c2cccc(Cl)c2Cl)c1. The first-order valence-electron chi connectivity index (χ1n) is 9.57. The van der Waals surface area contributed by atoms with Crippen LogP contribution in [0, 0.1) is 6.92 Å². The van der Waals surface area contributed by atoms with Crippen LogP contribution in [-0.2, 0) is 10.0 Å². The average Bonchev–Trinajstić information content (AvgIpc) is 2.76. The molecule has 8 heteroatoms. The van der Waals surface area contributed by atoms with Gasteiger partial charge in [0, 0.05) is 32.0 Å². The van der Waals surface area contributed by atoms with Gasteiger partial charge in [0.25, 0.3) is 0 Å². The van der Waals surface area contributed by atoms with E-state index in [1.54, 1.807) is 18.3 Å². The van der Waals surface area contributed by atoms with Crippen LogP contribution in [0.5, 0.6) is 0 Å². The normalized spacial score (nSPS) is 17.8. The van der Waals surface area contributed by atoms with Crippen LogP contribution in [0.15, 0.2) is 65.8 Å². The zero-order valence-corrected chi connectivity index (χ0v) is 18.7. The number of sulfonamides is 1. The maximum absolute atomic E-state index is 13.5. The number of nitrogens with zero attached hydrogens (tertiary/aromatic N) is 2. The summed E-state index contributed by atoms with van der Waals surface area (Å²) in [5.74, 6) is 0. The minimum Gasteiger partial charge on any atom is -0.313 e. The van der Waals surface area contributed by atoms with Crippen molar-refractivity contribution in [1.29, 1.82) is 0 Å². The lowest BCUT2D eigenvalue weighted by molar-refractivity contribution is 0.271. The number of aromatic nitrogens is 1. The van der Waals surface area contributed by atoms with Crippen molar-refractivity contribution in [3.63, 3.8) is 0 Å². The molecule has 30 heavy (non-hydrogen) atoms. The van der Waals surface area contributed by atoms with Crippen molar-refractivity contribution < 1.29 is 8.42 Å². The molecule has 4 rings (SSSR count). The van der Waals surface area contributed by atoms with Gasteiger partial charge in [-0.3, -0.25) is 4.98 Å². The molecule has 3 aromatic rings. The van der Waals surface area contributed by atoms with E-state index in [1.807, 2.05) is 43.5 Å². The smallest absolute Gasteiger partial charge is 0.245 e. The third-order valence-electron chi connectivity index (χ3n) is 5.30. The van der Waals surface area contributed by atoms with Crippen LogP contribution in [0.25, 0.3) is 11.1 Å². The molecule has 1 atom stereocenters. The summed E-state index contributed by atoms with van der Waals surface area (Å²) >= 11 is 12.3. The summed E-state index contributed by atoms with van der Waals surface area (Å²) in [5.41, 5.74) is 4.07. The Morgan fingerprint density at radius 2 is 1.93 bits per heavy atom. The van der Waals surface area contributed by atoms with Crippen LogP contribution in [0.4, 0.5) is 0 Å². The summed E-state index contributed by atoms with van der Waals surface area (Å²) in [7, 11) is -3.83. The fourth-order valence-electron chi connectivity index (χ4n) is 3.78. The van der Waals surface area contributed by atoms with Crippen LogP contribution >= 0.6 is 23.2 Å². The number of pyridine rings is 1. The Bertz CT molecular complexity index is 1180. The maximum Gasteiger partial charge on any atom is 0.245 e. The monoisotopic (exact) mass is 461 g/mol. The number of hydrogen-bond donors (Lipinski definition) is 1.